The monoisotopic (exact) mass is 176 g/mol. The third-order valence-corrected chi connectivity index (χ3v) is 2.39. The van der Waals surface area contributed by atoms with Crippen molar-refractivity contribution in [1.29, 1.82) is 0 Å². The number of hydrogen-bond acceptors (Lipinski definition) is 2. The summed E-state index contributed by atoms with van der Waals surface area (Å²) in [6.07, 6.45) is 0.966. The summed E-state index contributed by atoms with van der Waals surface area (Å²) in [6.45, 7) is 3.04. The first kappa shape index (κ1) is 8.45. The van der Waals surface area contributed by atoms with Gasteiger partial charge in [0.15, 0.2) is 5.78 Å². The largest absolute Gasteiger partial charge is 0.376 e. The molecule has 68 valence electrons. The Morgan fingerprint density at radius 3 is 3.00 bits per heavy atom. The molecule has 13 heavy (non-hydrogen) atoms. The van der Waals surface area contributed by atoms with Gasteiger partial charge < -0.3 is 4.74 Å². The predicted molar refractivity (Wildman–Crippen MR) is 49.8 cm³/mol. The van der Waals surface area contributed by atoms with Gasteiger partial charge in [0.05, 0.1) is 13.2 Å². The van der Waals surface area contributed by atoms with E-state index in [2.05, 4.69) is 0 Å². The van der Waals surface area contributed by atoms with Crippen LogP contribution in [-0.4, -0.2) is 12.4 Å². The summed E-state index contributed by atoms with van der Waals surface area (Å²) >= 11 is 0. The third-order valence-electron chi connectivity index (χ3n) is 2.39. The molecule has 0 unspecified atom stereocenters. The molecule has 0 radical (unpaired) electrons. The zero-order valence-corrected chi connectivity index (χ0v) is 7.67. The van der Waals surface area contributed by atoms with Crippen molar-refractivity contribution in [3.8, 4) is 0 Å². The van der Waals surface area contributed by atoms with Crippen LogP contribution in [0, 0.1) is 0 Å². The van der Waals surface area contributed by atoms with Crippen molar-refractivity contribution >= 4 is 5.78 Å². The van der Waals surface area contributed by atoms with Crippen LogP contribution in [0.4, 0.5) is 0 Å². The fraction of sp³-hybridized carbons (Fsp3) is 0.364. The highest BCUT2D eigenvalue weighted by atomic mass is 16.5. The lowest BCUT2D eigenvalue weighted by Gasteiger charge is -2.16. The van der Waals surface area contributed by atoms with Gasteiger partial charge in [-0.3, -0.25) is 4.79 Å². The standard InChI is InChI=1S/C11H12O2/c1-8(12)10-3-2-9-4-5-13-7-11(9)6-10/h2-3,6H,4-5,7H2,1H3. The van der Waals surface area contributed by atoms with E-state index in [1.807, 2.05) is 18.2 Å². The quantitative estimate of drug-likeness (QED) is 0.611. The highest BCUT2D eigenvalue weighted by Crippen LogP contribution is 2.18. The number of ether oxygens (including phenoxy) is 1. The van der Waals surface area contributed by atoms with Crippen molar-refractivity contribution in [3.63, 3.8) is 0 Å². The molecule has 2 heteroatoms. The van der Waals surface area contributed by atoms with E-state index in [-0.39, 0.29) is 5.78 Å². The van der Waals surface area contributed by atoms with Crippen molar-refractivity contribution in [3.05, 3.63) is 34.9 Å². The van der Waals surface area contributed by atoms with E-state index in [0.717, 1.165) is 18.6 Å². The Morgan fingerprint density at radius 1 is 1.38 bits per heavy atom. The van der Waals surface area contributed by atoms with E-state index in [9.17, 15) is 4.79 Å². The van der Waals surface area contributed by atoms with E-state index in [0.29, 0.717) is 6.61 Å². The number of carbonyl (C=O) groups is 1. The van der Waals surface area contributed by atoms with Crippen LogP contribution in [-0.2, 0) is 17.8 Å². The highest BCUT2D eigenvalue weighted by molar-refractivity contribution is 5.94. The minimum atomic E-state index is 0.119. The highest BCUT2D eigenvalue weighted by Gasteiger charge is 2.10. The van der Waals surface area contributed by atoms with Crippen molar-refractivity contribution in [2.45, 2.75) is 20.0 Å². The molecule has 0 N–H and O–H groups in total. The van der Waals surface area contributed by atoms with Crippen molar-refractivity contribution in [2.75, 3.05) is 6.61 Å². The fourth-order valence-corrected chi connectivity index (χ4v) is 1.59. The lowest BCUT2D eigenvalue weighted by molar-refractivity contribution is 0.101. The first-order valence-electron chi connectivity index (χ1n) is 4.48. The molecule has 0 saturated heterocycles. The van der Waals surface area contributed by atoms with Gasteiger partial charge in [-0.15, -0.1) is 0 Å². The van der Waals surface area contributed by atoms with Crippen LogP contribution in [0.2, 0.25) is 0 Å². The molecule has 1 heterocycles. The Balaban J connectivity index is 2.40. The summed E-state index contributed by atoms with van der Waals surface area (Å²) < 4.78 is 5.32. The second-order valence-corrected chi connectivity index (χ2v) is 3.34. The number of hydrogen-bond donors (Lipinski definition) is 0. The van der Waals surface area contributed by atoms with Crippen LogP contribution >= 0.6 is 0 Å². The van der Waals surface area contributed by atoms with Gasteiger partial charge >= 0.3 is 0 Å². The second kappa shape index (κ2) is 3.30. The SMILES string of the molecule is CC(=O)c1ccc2c(c1)COCC2. The summed E-state index contributed by atoms with van der Waals surface area (Å²) in [6, 6.07) is 5.87. The average molecular weight is 176 g/mol. The van der Waals surface area contributed by atoms with Gasteiger partial charge in [0.2, 0.25) is 0 Å². The summed E-state index contributed by atoms with van der Waals surface area (Å²) in [4.78, 5) is 11.1. The Kier molecular flexibility index (Phi) is 2.15. The molecule has 0 atom stereocenters. The van der Waals surface area contributed by atoms with Crippen molar-refractivity contribution in [2.24, 2.45) is 0 Å². The molecule has 0 amide bonds. The lowest BCUT2D eigenvalue weighted by Crippen LogP contribution is -2.10. The Bertz CT molecular complexity index is 342. The topological polar surface area (TPSA) is 26.3 Å². The van der Waals surface area contributed by atoms with Gasteiger partial charge in [-0.2, -0.15) is 0 Å². The molecule has 2 rings (SSSR count). The Hall–Kier alpha value is -1.15. The van der Waals surface area contributed by atoms with Crippen LogP contribution in [0.25, 0.3) is 0 Å². The number of carbonyl (C=O) groups excluding carboxylic acids is 1. The maximum Gasteiger partial charge on any atom is 0.159 e. The third kappa shape index (κ3) is 1.63. The average Bonchev–Trinajstić information content (AvgIpc) is 2.17. The number of fused-ring (bicyclic) bond motifs is 1. The summed E-state index contributed by atoms with van der Waals surface area (Å²) in [5.74, 6) is 0.119. The van der Waals surface area contributed by atoms with Crippen LogP contribution in [0.1, 0.15) is 28.4 Å². The molecule has 2 nitrogen and oxygen atoms in total. The minimum Gasteiger partial charge on any atom is -0.376 e. The molecule has 1 aromatic rings. The van der Waals surface area contributed by atoms with Crippen LogP contribution in [0.15, 0.2) is 18.2 Å². The van der Waals surface area contributed by atoms with E-state index in [1.165, 1.54) is 11.1 Å². The van der Waals surface area contributed by atoms with Crippen LogP contribution in [0.5, 0.6) is 0 Å². The Labute approximate surface area is 77.5 Å². The van der Waals surface area contributed by atoms with Gasteiger partial charge in [0.25, 0.3) is 0 Å². The fourth-order valence-electron chi connectivity index (χ4n) is 1.59. The second-order valence-electron chi connectivity index (χ2n) is 3.34. The number of rotatable bonds is 1. The number of Topliss-reactive ketones (excluding diaryl/α,β-unsaturated/α-hetero) is 1. The number of ketones is 1. The maximum atomic E-state index is 11.1. The van der Waals surface area contributed by atoms with Crippen molar-refractivity contribution in [1.82, 2.24) is 0 Å². The lowest BCUT2D eigenvalue weighted by atomic mass is 9.99. The van der Waals surface area contributed by atoms with E-state index in [1.54, 1.807) is 6.92 Å². The van der Waals surface area contributed by atoms with Gasteiger partial charge in [0.1, 0.15) is 0 Å². The number of benzene rings is 1. The van der Waals surface area contributed by atoms with Gasteiger partial charge in [0, 0.05) is 5.56 Å². The first-order valence-corrected chi connectivity index (χ1v) is 4.48. The molecule has 1 aliphatic heterocycles. The predicted octanol–water partition coefficient (Wildman–Crippen LogP) is 1.96. The zero-order valence-electron chi connectivity index (χ0n) is 7.67. The van der Waals surface area contributed by atoms with Gasteiger partial charge in [-0.05, 0) is 30.5 Å². The molecule has 0 aliphatic carbocycles. The molecule has 0 fully saturated rings. The first-order chi connectivity index (χ1) is 6.27. The summed E-state index contributed by atoms with van der Waals surface area (Å²) in [7, 11) is 0. The molecule has 1 aromatic carbocycles. The zero-order chi connectivity index (χ0) is 9.26. The summed E-state index contributed by atoms with van der Waals surface area (Å²) in [5.41, 5.74) is 3.26. The van der Waals surface area contributed by atoms with Crippen LogP contribution < -0.4 is 0 Å². The Morgan fingerprint density at radius 2 is 2.23 bits per heavy atom. The molecule has 0 spiro atoms. The molecular formula is C11H12O2. The molecule has 1 aliphatic rings. The molecular weight excluding hydrogens is 164 g/mol. The maximum absolute atomic E-state index is 11.1. The minimum absolute atomic E-state index is 0.119. The van der Waals surface area contributed by atoms with E-state index in [4.69, 9.17) is 4.74 Å². The van der Waals surface area contributed by atoms with Gasteiger partial charge in [-0.1, -0.05) is 12.1 Å². The van der Waals surface area contributed by atoms with Crippen LogP contribution in [0.3, 0.4) is 0 Å². The summed E-state index contributed by atoms with van der Waals surface area (Å²) in [5, 5.41) is 0. The molecule has 0 saturated carbocycles. The smallest absolute Gasteiger partial charge is 0.159 e. The van der Waals surface area contributed by atoms with Crippen molar-refractivity contribution < 1.29 is 9.53 Å². The normalized spacial score (nSPS) is 15.2. The van der Waals surface area contributed by atoms with Gasteiger partial charge in [-0.25, -0.2) is 0 Å². The molecule has 0 aromatic heterocycles. The van der Waals surface area contributed by atoms with E-state index < -0.39 is 0 Å². The molecule has 0 bridgehead atoms. The van der Waals surface area contributed by atoms with E-state index >= 15 is 0 Å².